The summed E-state index contributed by atoms with van der Waals surface area (Å²) in [5.74, 6) is 0.908. The van der Waals surface area contributed by atoms with Gasteiger partial charge in [0.25, 0.3) is 5.91 Å². The topological polar surface area (TPSA) is 67.0 Å². The third-order valence-corrected chi connectivity index (χ3v) is 3.15. The molecule has 0 bridgehead atoms. The number of rotatable bonds is 4. The molecule has 5 nitrogen and oxygen atoms in total. The highest BCUT2D eigenvalue weighted by Crippen LogP contribution is 2.25. The number of nitrogens with one attached hydrogen (secondary N) is 2. The lowest BCUT2D eigenvalue weighted by molar-refractivity contribution is -0.118. The summed E-state index contributed by atoms with van der Waals surface area (Å²) in [6.45, 7) is 3.72. The largest absolute Gasteiger partial charge is 0.484 e. The molecule has 19 heavy (non-hydrogen) atoms. The Morgan fingerprint density at radius 3 is 2.68 bits per heavy atom. The summed E-state index contributed by atoms with van der Waals surface area (Å²) in [4.78, 5) is 11.6. The van der Waals surface area contributed by atoms with E-state index in [1.807, 2.05) is 13.8 Å². The third-order valence-electron chi connectivity index (χ3n) is 2.55. The van der Waals surface area contributed by atoms with Crippen LogP contribution in [0.3, 0.4) is 0 Å². The first-order valence-electron chi connectivity index (χ1n) is 5.75. The van der Waals surface area contributed by atoms with Crippen LogP contribution >= 0.6 is 11.6 Å². The molecule has 0 spiro atoms. The fraction of sp³-hybridized carbons (Fsp3) is 0.231. The van der Waals surface area contributed by atoms with Crippen LogP contribution < -0.4 is 10.1 Å². The lowest BCUT2D eigenvalue weighted by atomic mass is 10.1. The minimum Gasteiger partial charge on any atom is -0.484 e. The first kappa shape index (κ1) is 13.4. The number of carbonyl (C=O) groups excluding carboxylic acids is 1. The smallest absolute Gasteiger partial charge is 0.263 e. The number of carbonyl (C=O) groups is 1. The molecule has 2 N–H and O–H groups in total. The van der Waals surface area contributed by atoms with E-state index >= 15 is 0 Å². The minimum absolute atomic E-state index is 0.0699. The summed E-state index contributed by atoms with van der Waals surface area (Å²) in [5, 5.41) is 9.71. The highest BCUT2D eigenvalue weighted by Gasteiger charge is 2.07. The van der Waals surface area contributed by atoms with E-state index < -0.39 is 0 Å². The number of aromatic amines is 1. The van der Waals surface area contributed by atoms with Crippen molar-refractivity contribution in [3.63, 3.8) is 0 Å². The van der Waals surface area contributed by atoms with Gasteiger partial charge in [0.05, 0.1) is 6.20 Å². The van der Waals surface area contributed by atoms with Crippen LogP contribution in [0, 0.1) is 13.8 Å². The number of benzene rings is 1. The van der Waals surface area contributed by atoms with Gasteiger partial charge in [0.1, 0.15) is 11.6 Å². The van der Waals surface area contributed by atoms with Crippen molar-refractivity contribution in [1.82, 2.24) is 10.2 Å². The molecule has 0 aliphatic heterocycles. The van der Waals surface area contributed by atoms with E-state index in [-0.39, 0.29) is 12.5 Å². The maximum absolute atomic E-state index is 11.6. The molecule has 1 amide bonds. The molecule has 0 fully saturated rings. The van der Waals surface area contributed by atoms with E-state index in [0.29, 0.717) is 16.6 Å². The molecular formula is C13H14ClN3O2. The highest BCUT2D eigenvalue weighted by molar-refractivity contribution is 6.32. The first-order chi connectivity index (χ1) is 9.06. The fourth-order valence-electron chi connectivity index (χ4n) is 1.65. The third kappa shape index (κ3) is 3.48. The number of amides is 1. The number of ether oxygens (including phenoxy) is 1. The van der Waals surface area contributed by atoms with Crippen LogP contribution in [0.4, 0.5) is 5.82 Å². The molecule has 0 saturated heterocycles. The Kier molecular flexibility index (Phi) is 4.06. The number of halogens is 1. The SMILES string of the molecule is Cc1cc(OCC(=O)Nc2ccn[nH]2)cc(C)c1Cl. The summed E-state index contributed by atoms with van der Waals surface area (Å²) in [6.07, 6.45) is 1.56. The van der Waals surface area contributed by atoms with Crippen molar-refractivity contribution in [2.45, 2.75) is 13.8 Å². The van der Waals surface area contributed by atoms with Crippen molar-refractivity contribution >= 4 is 23.3 Å². The van der Waals surface area contributed by atoms with Crippen molar-refractivity contribution in [2.24, 2.45) is 0 Å². The average Bonchev–Trinajstić information content (AvgIpc) is 2.86. The predicted octanol–water partition coefficient (Wildman–Crippen LogP) is 2.70. The molecule has 0 unspecified atom stereocenters. The molecule has 2 rings (SSSR count). The van der Waals surface area contributed by atoms with Crippen molar-refractivity contribution in [2.75, 3.05) is 11.9 Å². The van der Waals surface area contributed by atoms with Gasteiger partial charge in [-0.1, -0.05) is 11.6 Å². The molecule has 1 heterocycles. The van der Waals surface area contributed by atoms with Gasteiger partial charge in [-0.05, 0) is 37.1 Å². The Morgan fingerprint density at radius 1 is 1.42 bits per heavy atom. The lowest BCUT2D eigenvalue weighted by Crippen LogP contribution is -2.20. The Morgan fingerprint density at radius 2 is 2.11 bits per heavy atom. The van der Waals surface area contributed by atoms with Gasteiger partial charge in [-0.2, -0.15) is 5.10 Å². The first-order valence-corrected chi connectivity index (χ1v) is 6.13. The molecule has 2 aromatic rings. The second kappa shape index (κ2) is 5.75. The van der Waals surface area contributed by atoms with Crippen LogP contribution in [0.5, 0.6) is 5.75 Å². The zero-order valence-electron chi connectivity index (χ0n) is 10.7. The monoisotopic (exact) mass is 279 g/mol. The van der Waals surface area contributed by atoms with Crippen molar-refractivity contribution in [3.8, 4) is 5.75 Å². The number of hydrogen-bond donors (Lipinski definition) is 2. The number of aryl methyl sites for hydroxylation is 2. The zero-order chi connectivity index (χ0) is 13.8. The predicted molar refractivity (Wildman–Crippen MR) is 73.6 cm³/mol. The summed E-state index contributed by atoms with van der Waals surface area (Å²) >= 11 is 6.06. The van der Waals surface area contributed by atoms with E-state index in [0.717, 1.165) is 11.1 Å². The lowest BCUT2D eigenvalue weighted by Gasteiger charge is -2.09. The Balaban J connectivity index is 1.93. The second-order valence-electron chi connectivity index (χ2n) is 4.18. The second-order valence-corrected chi connectivity index (χ2v) is 4.56. The van der Waals surface area contributed by atoms with Crippen LogP contribution in [-0.2, 0) is 4.79 Å². The van der Waals surface area contributed by atoms with Crippen LogP contribution in [0.1, 0.15) is 11.1 Å². The molecule has 0 saturated carbocycles. The molecule has 0 atom stereocenters. The Bertz CT molecular complexity index is 559. The molecule has 100 valence electrons. The number of H-pyrrole nitrogens is 1. The summed E-state index contributed by atoms with van der Waals surface area (Å²) in [6, 6.07) is 5.27. The van der Waals surface area contributed by atoms with E-state index in [2.05, 4.69) is 15.5 Å². The maximum atomic E-state index is 11.6. The van der Waals surface area contributed by atoms with Gasteiger partial charge in [-0.25, -0.2) is 0 Å². The van der Waals surface area contributed by atoms with Crippen LogP contribution in [-0.4, -0.2) is 22.7 Å². The summed E-state index contributed by atoms with van der Waals surface area (Å²) < 4.78 is 5.43. The Hall–Kier alpha value is -2.01. The summed E-state index contributed by atoms with van der Waals surface area (Å²) in [7, 11) is 0. The minimum atomic E-state index is -0.255. The molecule has 6 heteroatoms. The van der Waals surface area contributed by atoms with Crippen molar-refractivity contribution < 1.29 is 9.53 Å². The Labute approximate surface area is 115 Å². The molecule has 0 radical (unpaired) electrons. The summed E-state index contributed by atoms with van der Waals surface area (Å²) in [5.41, 5.74) is 1.84. The molecular weight excluding hydrogens is 266 g/mol. The normalized spacial score (nSPS) is 10.3. The van der Waals surface area contributed by atoms with Gasteiger partial charge in [0, 0.05) is 11.1 Å². The number of hydrogen-bond acceptors (Lipinski definition) is 3. The van der Waals surface area contributed by atoms with Gasteiger partial charge in [-0.15, -0.1) is 0 Å². The van der Waals surface area contributed by atoms with Crippen LogP contribution in [0.25, 0.3) is 0 Å². The van der Waals surface area contributed by atoms with Gasteiger partial charge in [0.15, 0.2) is 6.61 Å². The van der Waals surface area contributed by atoms with E-state index in [1.54, 1.807) is 24.4 Å². The van der Waals surface area contributed by atoms with E-state index in [4.69, 9.17) is 16.3 Å². The number of anilines is 1. The van der Waals surface area contributed by atoms with Crippen molar-refractivity contribution in [3.05, 3.63) is 40.5 Å². The van der Waals surface area contributed by atoms with Gasteiger partial charge >= 0.3 is 0 Å². The number of nitrogens with zero attached hydrogens (tertiary/aromatic N) is 1. The average molecular weight is 280 g/mol. The van der Waals surface area contributed by atoms with Crippen LogP contribution in [0.2, 0.25) is 5.02 Å². The number of aromatic nitrogens is 2. The van der Waals surface area contributed by atoms with Crippen molar-refractivity contribution in [1.29, 1.82) is 0 Å². The maximum Gasteiger partial charge on any atom is 0.263 e. The van der Waals surface area contributed by atoms with E-state index in [9.17, 15) is 4.79 Å². The van der Waals surface area contributed by atoms with Gasteiger partial charge in [0.2, 0.25) is 0 Å². The molecule has 0 aliphatic carbocycles. The van der Waals surface area contributed by atoms with E-state index in [1.165, 1.54) is 0 Å². The van der Waals surface area contributed by atoms with Gasteiger partial charge < -0.3 is 10.1 Å². The van der Waals surface area contributed by atoms with Gasteiger partial charge in [-0.3, -0.25) is 9.89 Å². The van der Waals surface area contributed by atoms with Crippen LogP contribution in [0.15, 0.2) is 24.4 Å². The zero-order valence-corrected chi connectivity index (χ0v) is 11.4. The molecule has 1 aromatic carbocycles. The highest BCUT2D eigenvalue weighted by atomic mass is 35.5. The standard InChI is InChI=1S/C13H14ClN3O2/c1-8-5-10(6-9(2)13(8)14)19-7-12(18)16-11-3-4-15-17-11/h3-6H,7H2,1-2H3,(H2,15,16,17,18). The molecule has 1 aromatic heterocycles. The fourth-order valence-corrected chi connectivity index (χ4v) is 1.76. The molecule has 0 aliphatic rings. The quantitative estimate of drug-likeness (QED) is 0.904.